The molecule has 0 amide bonds. The molecule has 17 heavy (non-hydrogen) atoms. The van der Waals surface area contributed by atoms with Crippen LogP contribution in [0.25, 0.3) is 0 Å². The number of hydrogen-bond acceptors (Lipinski definition) is 4. The van der Waals surface area contributed by atoms with Crippen molar-refractivity contribution >= 4 is 17.3 Å². The molecule has 1 aromatic rings. The van der Waals surface area contributed by atoms with Gasteiger partial charge in [-0.15, -0.1) is 0 Å². The summed E-state index contributed by atoms with van der Waals surface area (Å²) in [4.78, 5) is 0. The Labute approximate surface area is 104 Å². The summed E-state index contributed by atoms with van der Waals surface area (Å²) < 4.78 is 10.8. The topological polar surface area (TPSA) is 64.7 Å². The summed E-state index contributed by atoms with van der Waals surface area (Å²) in [5.74, 6) is 6.18. The minimum atomic E-state index is -1.09. The highest BCUT2D eigenvalue weighted by Crippen LogP contribution is 2.43. The number of nitrogens with two attached hydrogens (primary N) is 1. The molecule has 90 valence electrons. The van der Waals surface area contributed by atoms with Crippen molar-refractivity contribution < 1.29 is 14.6 Å². The summed E-state index contributed by atoms with van der Waals surface area (Å²) in [6.45, 7) is 3.15. The fraction of sp³-hybridized carbons (Fsp3) is 0.333. The van der Waals surface area contributed by atoms with Crippen LogP contribution in [0.2, 0.25) is 5.02 Å². The second-order valence-electron chi connectivity index (χ2n) is 4.18. The number of hydrogen-bond donors (Lipinski definition) is 2. The molecule has 0 spiro atoms. The molecule has 0 fully saturated rings. The molecule has 4 nitrogen and oxygen atoms in total. The zero-order valence-electron chi connectivity index (χ0n) is 9.45. The van der Waals surface area contributed by atoms with Crippen LogP contribution in [-0.2, 0) is 0 Å². The fourth-order valence-electron chi connectivity index (χ4n) is 1.31. The smallest absolute Gasteiger partial charge is 0.306 e. The van der Waals surface area contributed by atoms with Crippen LogP contribution in [0.15, 0.2) is 12.1 Å². The molecular weight excluding hydrogens is 242 g/mol. The maximum atomic E-state index is 9.46. The predicted molar refractivity (Wildman–Crippen MR) is 65.0 cm³/mol. The monoisotopic (exact) mass is 253 g/mol. The molecular formula is C12H12ClNO3. The van der Waals surface area contributed by atoms with Gasteiger partial charge < -0.3 is 20.3 Å². The zero-order valence-corrected chi connectivity index (χ0v) is 10.2. The number of aliphatic hydroxyl groups is 1. The van der Waals surface area contributed by atoms with E-state index < -0.39 is 11.9 Å². The minimum Gasteiger partial charge on any atom is -0.440 e. The quantitative estimate of drug-likeness (QED) is 0.547. The normalized spacial score (nSPS) is 17.5. The Kier molecular flexibility index (Phi) is 2.82. The average Bonchev–Trinajstić information content (AvgIpc) is 2.64. The Bertz CT molecular complexity index is 511. The van der Waals surface area contributed by atoms with Crippen LogP contribution in [0.5, 0.6) is 11.5 Å². The van der Waals surface area contributed by atoms with Gasteiger partial charge in [-0.05, 0) is 31.9 Å². The third-order valence-electron chi connectivity index (χ3n) is 2.06. The summed E-state index contributed by atoms with van der Waals surface area (Å²) in [5, 5.41) is 9.87. The van der Waals surface area contributed by atoms with Crippen LogP contribution in [-0.4, -0.2) is 17.0 Å². The van der Waals surface area contributed by atoms with Crippen LogP contribution in [0, 0.1) is 11.8 Å². The first-order valence-corrected chi connectivity index (χ1v) is 5.41. The average molecular weight is 254 g/mol. The van der Waals surface area contributed by atoms with Crippen LogP contribution in [0.4, 0.5) is 5.69 Å². The number of anilines is 1. The van der Waals surface area contributed by atoms with Gasteiger partial charge in [-0.3, -0.25) is 0 Å². The van der Waals surface area contributed by atoms with Crippen LogP contribution >= 0.6 is 11.6 Å². The Morgan fingerprint density at radius 1 is 1.41 bits per heavy atom. The molecule has 3 N–H and O–H groups in total. The van der Waals surface area contributed by atoms with E-state index in [0.717, 1.165) is 0 Å². The first-order chi connectivity index (χ1) is 7.87. The molecule has 1 unspecified atom stereocenters. The zero-order chi connectivity index (χ0) is 12.6. The molecule has 1 aliphatic rings. The Balaban J connectivity index is 2.22. The number of ether oxygens (including phenoxy) is 2. The van der Waals surface area contributed by atoms with E-state index in [1.165, 1.54) is 0 Å². The number of fused-ring (bicyclic) bond motifs is 1. The van der Waals surface area contributed by atoms with Crippen molar-refractivity contribution in [3.8, 4) is 23.3 Å². The molecule has 5 heteroatoms. The summed E-state index contributed by atoms with van der Waals surface area (Å²) >= 11 is 5.85. The minimum absolute atomic E-state index is 0.330. The van der Waals surface area contributed by atoms with Gasteiger partial charge in [0.2, 0.25) is 0 Å². The van der Waals surface area contributed by atoms with Crippen molar-refractivity contribution in [1.29, 1.82) is 0 Å². The maximum Gasteiger partial charge on any atom is 0.306 e. The van der Waals surface area contributed by atoms with E-state index in [-0.39, 0.29) is 0 Å². The van der Waals surface area contributed by atoms with Gasteiger partial charge in [0.1, 0.15) is 5.60 Å². The second kappa shape index (κ2) is 4.02. The summed E-state index contributed by atoms with van der Waals surface area (Å²) in [7, 11) is 0. The fourth-order valence-corrected chi connectivity index (χ4v) is 1.46. The molecule has 0 aliphatic carbocycles. The summed E-state index contributed by atoms with van der Waals surface area (Å²) in [5.41, 5.74) is 4.98. The predicted octanol–water partition coefficient (Wildman–Crippen LogP) is 1.79. The van der Waals surface area contributed by atoms with Crippen LogP contribution in [0.1, 0.15) is 13.8 Å². The first kappa shape index (κ1) is 11.9. The maximum absolute atomic E-state index is 9.46. The molecule has 2 rings (SSSR count). The molecule has 0 bridgehead atoms. The highest BCUT2D eigenvalue weighted by atomic mass is 35.5. The van der Waals surface area contributed by atoms with Gasteiger partial charge in [0.25, 0.3) is 0 Å². The van der Waals surface area contributed by atoms with Crippen LogP contribution in [0.3, 0.4) is 0 Å². The van der Waals surface area contributed by atoms with Gasteiger partial charge in [-0.2, -0.15) is 0 Å². The van der Waals surface area contributed by atoms with E-state index in [0.29, 0.717) is 22.2 Å². The van der Waals surface area contributed by atoms with E-state index in [9.17, 15) is 5.11 Å². The molecule has 0 saturated carbocycles. The third-order valence-corrected chi connectivity index (χ3v) is 2.39. The van der Waals surface area contributed by atoms with Crippen molar-refractivity contribution in [1.82, 2.24) is 0 Å². The van der Waals surface area contributed by atoms with E-state index >= 15 is 0 Å². The van der Waals surface area contributed by atoms with Crippen LogP contribution < -0.4 is 15.2 Å². The van der Waals surface area contributed by atoms with Gasteiger partial charge >= 0.3 is 6.29 Å². The van der Waals surface area contributed by atoms with E-state index in [4.69, 9.17) is 26.8 Å². The largest absolute Gasteiger partial charge is 0.440 e. The molecule has 0 aromatic heterocycles. The Morgan fingerprint density at radius 3 is 2.76 bits per heavy atom. The van der Waals surface area contributed by atoms with Crippen molar-refractivity contribution in [2.75, 3.05) is 5.73 Å². The van der Waals surface area contributed by atoms with Gasteiger partial charge in [0.05, 0.1) is 10.7 Å². The third kappa shape index (κ3) is 2.57. The summed E-state index contributed by atoms with van der Waals surface area (Å²) in [6.07, 6.45) is -0.766. The lowest BCUT2D eigenvalue weighted by Crippen LogP contribution is -2.19. The lowest BCUT2D eigenvalue weighted by atomic mass is 10.1. The number of nitrogen functional groups attached to an aromatic ring is 1. The molecule has 0 saturated heterocycles. The van der Waals surface area contributed by atoms with Crippen molar-refractivity contribution in [2.45, 2.75) is 25.7 Å². The number of halogens is 1. The van der Waals surface area contributed by atoms with E-state index in [2.05, 4.69) is 11.8 Å². The second-order valence-corrected chi connectivity index (χ2v) is 4.59. The van der Waals surface area contributed by atoms with Gasteiger partial charge in [-0.1, -0.05) is 17.5 Å². The standard InChI is InChI=1S/C12H12ClNO3/c1-12(2,15)6-5-9-16-8-4-3-7(13)10(14)11(8)17-9/h3-4,9,15H,14H2,1-2H3. The van der Waals surface area contributed by atoms with Crippen molar-refractivity contribution in [3.63, 3.8) is 0 Å². The highest BCUT2D eigenvalue weighted by Gasteiger charge is 2.26. The van der Waals surface area contributed by atoms with Gasteiger partial charge in [0.15, 0.2) is 11.5 Å². The van der Waals surface area contributed by atoms with Gasteiger partial charge in [0, 0.05) is 0 Å². The van der Waals surface area contributed by atoms with Crippen molar-refractivity contribution in [3.05, 3.63) is 17.2 Å². The SMILES string of the molecule is CC(C)(O)C#CC1Oc2ccc(Cl)c(N)c2O1. The van der Waals surface area contributed by atoms with E-state index in [1.54, 1.807) is 26.0 Å². The number of rotatable bonds is 0. The van der Waals surface area contributed by atoms with E-state index in [1.807, 2.05) is 0 Å². The summed E-state index contributed by atoms with van der Waals surface area (Å²) in [6, 6.07) is 3.30. The van der Waals surface area contributed by atoms with Crippen molar-refractivity contribution in [2.24, 2.45) is 0 Å². The Morgan fingerprint density at radius 2 is 2.12 bits per heavy atom. The molecule has 0 radical (unpaired) electrons. The lowest BCUT2D eigenvalue weighted by Gasteiger charge is -2.07. The molecule has 1 aromatic carbocycles. The molecule has 1 atom stereocenters. The lowest BCUT2D eigenvalue weighted by molar-refractivity contribution is 0.102. The Hall–Kier alpha value is -1.57. The number of benzene rings is 1. The van der Waals surface area contributed by atoms with Gasteiger partial charge in [-0.25, -0.2) is 0 Å². The first-order valence-electron chi connectivity index (χ1n) is 5.03. The highest BCUT2D eigenvalue weighted by molar-refractivity contribution is 6.33. The molecule has 1 aliphatic heterocycles. The molecule has 1 heterocycles.